The molecule has 2 aromatic rings. The standard InChI is InChI=1S/C9H7BrN4/c10-8-1-9(11)14-4-7(8)6-2-12-5-13-3-6/h1-5H,(H2,11,14). The molecule has 0 bridgehead atoms. The maximum Gasteiger partial charge on any atom is 0.124 e. The predicted molar refractivity (Wildman–Crippen MR) is 57.4 cm³/mol. The SMILES string of the molecule is Nc1cc(Br)c(-c2cncnc2)cn1. The van der Waals surface area contributed by atoms with Crippen LogP contribution in [0.5, 0.6) is 0 Å². The van der Waals surface area contributed by atoms with Crippen molar-refractivity contribution >= 4 is 21.7 Å². The molecule has 70 valence electrons. The normalized spacial score (nSPS) is 10.1. The van der Waals surface area contributed by atoms with Crippen molar-refractivity contribution in [2.75, 3.05) is 5.73 Å². The van der Waals surface area contributed by atoms with Gasteiger partial charge in [-0.1, -0.05) is 0 Å². The average Bonchev–Trinajstić information content (AvgIpc) is 2.19. The summed E-state index contributed by atoms with van der Waals surface area (Å²) in [7, 11) is 0. The lowest BCUT2D eigenvalue weighted by atomic mass is 10.1. The van der Waals surface area contributed by atoms with E-state index in [1.165, 1.54) is 6.33 Å². The fraction of sp³-hybridized carbons (Fsp3) is 0. The van der Waals surface area contributed by atoms with Crippen LogP contribution in [0.3, 0.4) is 0 Å². The topological polar surface area (TPSA) is 64.7 Å². The molecule has 2 N–H and O–H groups in total. The van der Waals surface area contributed by atoms with Gasteiger partial charge in [0.1, 0.15) is 12.1 Å². The minimum atomic E-state index is 0.484. The molecule has 5 heteroatoms. The maximum atomic E-state index is 5.53. The zero-order valence-electron chi connectivity index (χ0n) is 7.18. The Balaban J connectivity index is 2.53. The van der Waals surface area contributed by atoms with Gasteiger partial charge < -0.3 is 5.73 Å². The molecule has 2 rings (SSSR count). The van der Waals surface area contributed by atoms with E-state index >= 15 is 0 Å². The molecule has 0 saturated heterocycles. The third-order valence-corrected chi connectivity index (χ3v) is 2.40. The largest absolute Gasteiger partial charge is 0.384 e. The first-order chi connectivity index (χ1) is 6.77. The summed E-state index contributed by atoms with van der Waals surface area (Å²) >= 11 is 3.41. The van der Waals surface area contributed by atoms with Gasteiger partial charge in [-0.05, 0) is 22.0 Å². The van der Waals surface area contributed by atoms with Gasteiger partial charge in [0.25, 0.3) is 0 Å². The number of aromatic nitrogens is 3. The number of pyridine rings is 1. The first-order valence-corrected chi connectivity index (χ1v) is 4.73. The molecule has 0 amide bonds. The molecule has 0 aliphatic heterocycles. The summed E-state index contributed by atoms with van der Waals surface area (Å²) in [6.07, 6.45) is 6.64. The van der Waals surface area contributed by atoms with E-state index in [0.29, 0.717) is 5.82 Å². The van der Waals surface area contributed by atoms with Crippen molar-refractivity contribution in [3.8, 4) is 11.1 Å². The van der Waals surface area contributed by atoms with Gasteiger partial charge in [0.05, 0.1) is 0 Å². The summed E-state index contributed by atoms with van der Waals surface area (Å²) in [6, 6.07) is 1.75. The Morgan fingerprint density at radius 1 is 1.14 bits per heavy atom. The highest BCUT2D eigenvalue weighted by molar-refractivity contribution is 9.10. The van der Waals surface area contributed by atoms with Crippen molar-refractivity contribution in [1.82, 2.24) is 15.0 Å². The van der Waals surface area contributed by atoms with Crippen molar-refractivity contribution in [2.24, 2.45) is 0 Å². The molecule has 0 aliphatic rings. The van der Waals surface area contributed by atoms with Crippen LogP contribution in [0.25, 0.3) is 11.1 Å². The van der Waals surface area contributed by atoms with Crippen LogP contribution < -0.4 is 5.73 Å². The van der Waals surface area contributed by atoms with E-state index in [9.17, 15) is 0 Å². The van der Waals surface area contributed by atoms with Gasteiger partial charge in [-0.25, -0.2) is 15.0 Å². The monoisotopic (exact) mass is 250 g/mol. The molecule has 2 aromatic heterocycles. The van der Waals surface area contributed by atoms with Crippen LogP contribution >= 0.6 is 15.9 Å². The van der Waals surface area contributed by atoms with Gasteiger partial charge in [-0.15, -0.1) is 0 Å². The second kappa shape index (κ2) is 3.71. The molecule has 2 heterocycles. The summed E-state index contributed by atoms with van der Waals surface area (Å²) in [5, 5.41) is 0. The number of anilines is 1. The van der Waals surface area contributed by atoms with Crippen LogP contribution in [-0.4, -0.2) is 15.0 Å². The summed E-state index contributed by atoms with van der Waals surface area (Å²) in [5.41, 5.74) is 7.37. The van der Waals surface area contributed by atoms with E-state index in [1.54, 1.807) is 24.7 Å². The van der Waals surface area contributed by atoms with Crippen molar-refractivity contribution in [3.05, 3.63) is 35.5 Å². The first-order valence-electron chi connectivity index (χ1n) is 3.94. The Bertz CT molecular complexity index is 444. The molecule has 0 spiro atoms. The van der Waals surface area contributed by atoms with Gasteiger partial charge in [0, 0.05) is 34.2 Å². The molecule has 0 fully saturated rings. The van der Waals surface area contributed by atoms with Gasteiger partial charge in [0.15, 0.2) is 0 Å². The lowest BCUT2D eigenvalue weighted by Gasteiger charge is -2.03. The summed E-state index contributed by atoms with van der Waals surface area (Å²) in [5.74, 6) is 0.484. The summed E-state index contributed by atoms with van der Waals surface area (Å²) in [6.45, 7) is 0. The number of hydrogen-bond donors (Lipinski definition) is 1. The van der Waals surface area contributed by atoms with Crippen LogP contribution in [0, 0.1) is 0 Å². The molecule has 0 saturated carbocycles. The second-order valence-electron chi connectivity index (χ2n) is 2.72. The van der Waals surface area contributed by atoms with Gasteiger partial charge in [-0.3, -0.25) is 0 Å². The molecule has 4 nitrogen and oxygen atoms in total. The minimum absolute atomic E-state index is 0.484. The molecule has 0 unspecified atom stereocenters. The van der Waals surface area contributed by atoms with Crippen molar-refractivity contribution in [1.29, 1.82) is 0 Å². The molecular weight excluding hydrogens is 244 g/mol. The fourth-order valence-electron chi connectivity index (χ4n) is 1.10. The molecule has 0 aliphatic carbocycles. The molecule has 0 aromatic carbocycles. The van der Waals surface area contributed by atoms with E-state index < -0.39 is 0 Å². The number of nitrogens with zero attached hydrogens (tertiary/aromatic N) is 3. The number of nitrogen functional groups attached to an aromatic ring is 1. The number of nitrogens with two attached hydrogens (primary N) is 1. The molecule has 0 radical (unpaired) electrons. The number of rotatable bonds is 1. The number of halogens is 1. The van der Waals surface area contributed by atoms with E-state index in [4.69, 9.17) is 5.73 Å². The Hall–Kier alpha value is -1.49. The van der Waals surface area contributed by atoms with Crippen LogP contribution in [0.15, 0.2) is 35.5 Å². The molecular formula is C9H7BrN4. The van der Waals surface area contributed by atoms with Gasteiger partial charge in [0.2, 0.25) is 0 Å². The van der Waals surface area contributed by atoms with Crippen LogP contribution in [0.1, 0.15) is 0 Å². The number of hydrogen-bond acceptors (Lipinski definition) is 4. The van der Waals surface area contributed by atoms with E-state index in [0.717, 1.165) is 15.6 Å². The maximum absolute atomic E-state index is 5.53. The third kappa shape index (κ3) is 1.72. The van der Waals surface area contributed by atoms with Crippen LogP contribution in [-0.2, 0) is 0 Å². The average molecular weight is 251 g/mol. The quantitative estimate of drug-likeness (QED) is 0.840. The van der Waals surface area contributed by atoms with Crippen molar-refractivity contribution in [2.45, 2.75) is 0 Å². The first kappa shape index (κ1) is 9.08. The Labute approximate surface area is 89.4 Å². The third-order valence-electron chi connectivity index (χ3n) is 1.75. The van der Waals surface area contributed by atoms with E-state index in [-0.39, 0.29) is 0 Å². The fourth-order valence-corrected chi connectivity index (χ4v) is 1.66. The second-order valence-corrected chi connectivity index (χ2v) is 3.57. The lowest BCUT2D eigenvalue weighted by molar-refractivity contribution is 1.17. The lowest BCUT2D eigenvalue weighted by Crippen LogP contribution is -1.91. The zero-order valence-corrected chi connectivity index (χ0v) is 8.77. The van der Waals surface area contributed by atoms with Crippen molar-refractivity contribution in [3.63, 3.8) is 0 Å². The van der Waals surface area contributed by atoms with E-state index in [1.807, 2.05) is 0 Å². The highest BCUT2D eigenvalue weighted by atomic mass is 79.9. The molecule has 14 heavy (non-hydrogen) atoms. The highest BCUT2D eigenvalue weighted by Crippen LogP contribution is 2.27. The Kier molecular flexibility index (Phi) is 2.41. The van der Waals surface area contributed by atoms with E-state index in [2.05, 4.69) is 30.9 Å². The minimum Gasteiger partial charge on any atom is -0.384 e. The van der Waals surface area contributed by atoms with Crippen LogP contribution in [0.2, 0.25) is 0 Å². The van der Waals surface area contributed by atoms with Gasteiger partial charge >= 0.3 is 0 Å². The Morgan fingerprint density at radius 3 is 2.50 bits per heavy atom. The predicted octanol–water partition coefficient (Wildman–Crippen LogP) is 1.88. The Morgan fingerprint density at radius 2 is 1.86 bits per heavy atom. The molecule has 0 atom stereocenters. The summed E-state index contributed by atoms with van der Waals surface area (Å²) in [4.78, 5) is 11.9. The highest BCUT2D eigenvalue weighted by Gasteiger charge is 2.03. The summed E-state index contributed by atoms with van der Waals surface area (Å²) < 4.78 is 0.889. The van der Waals surface area contributed by atoms with Crippen molar-refractivity contribution < 1.29 is 0 Å². The van der Waals surface area contributed by atoms with Gasteiger partial charge in [-0.2, -0.15) is 0 Å². The zero-order chi connectivity index (χ0) is 9.97. The van der Waals surface area contributed by atoms with Crippen LogP contribution in [0.4, 0.5) is 5.82 Å². The smallest absolute Gasteiger partial charge is 0.124 e.